The summed E-state index contributed by atoms with van der Waals surface area (Å²) in [7, 11) is 1.43. The van der Waals surface area contributed by atoms with Crippen molar-refractivity contribution in [3.8, 4) is 17.1 Å². The fraction of sp³-hybridized carbons (Fsp3) is 0.292. The van der Waals surface area contributed by atoms with Crippen molar-refractivity contribution < 1.29 is 23.4 Å². The maximum absolute atomic E-state index is 14.7. The number of carboxylic acid groups (broad SMARTS) is 1. The first-order valence-electron chi connectivity index (χ1n) is 9.83. The van der Waals surface area contributed by atoms with Crippen LogP contribution in [0, 0.1) is 18.7 Å². The molecule has 0 aliphatic rings. The minimum absolute atomic E-state index is 0.0770. The van der Waals surface area contributed by atoms with Gasteiger partial charge in [0.1, 0.15) is 11.5 Å². The molecule has 158 valence electrons. The standard InChI is InChI=1S/C24H26FNO4/c1-14(2)12-20(26-17-10-8-16(9-11-17)24(27)28)19-13-22(30-15(19)3)18-6-5-7-21(29-4)23(18)25/h5-11,13-14,20,26H,12H2,1-4H3,(H,27,28). The van der Waals surface area contributed by atoms with Gasteiger partial charge in [0.25, 0.3) is 0 Å². The van der Waals surface area contributed by atoms with Crippen LogP contribution in [0.15, 0.2) is 52.9 Å². The van der Waals surface area contributed by atoms with Crippen LogP contribution in [0.3, 0.4) is 0 Å². The van der Waals surface area contributed by atoms with Crippen LogP contribution in [-0.2, 0) is 0 Å². The fourth-order valence-electron chi connectivity index (χ4n) is 3.48. The molecule has 30 heavy (non-hydrogen) atoms. The van der Waals surface area contributed by atoms with E-state index in [2.05, 4.69) is 19.2 Å². The topological polar surface area (TPSA) is 71.7 Å². The Morgan fingerprint density at radius 1 is 1.20 bits per heavy atom. The molecule has 0 fully saturated rings. The van der Waals surface area contributed by atoms with E-state index in [1.54, 1.807) is 42.5 Å². The smallest absolute Gasteiger partial charge is 0.335 e. The average Bonchev–Trinajstić information content (AvgIpc) is 3.09. The number of carbonyl (C=O) groups is 1. The summed E-state index contributed by atoms with van der Waals surface area (Å²) in [5.41, 5.74) is 2.32. The molecule has 3 aromatic rings. The van der Waals surface area contributed by atoms with Gasteiger partial charge in [0.15, 0.2) is 11.6 Å². The number of methoxy groups -OCH3 is 1. The summed E-state index contributed by atoms with van der Waals surface area (Å²) in [5, 5.41) is 12.6. The number of hydrogen-bond acceptors (Lipinski definition) is 4. The first-order valence-corrected chi connectivity index (χ1v) is 9.83. The zero-order valence-electron chi connectivity index (χ0n) is 17.5. The number of aromatic carboxylic acids is 1. The highest BCUT2D eigenvalue weighted by molar-refractivity contribution is 5.88. The van der Waals surface area contributed by atoms with E-state index in [9.17, 15) is 9.18 Å². The Labute approximate surface area is 175 Å². The number of carboxylic acids is 1. The van der Waals surface area contributed by atoms with Gasteiger partial charge >= 0.3 is 5.97 Å². The van der Waals surface area contributed by atoms with Crippen molar-refractivity contribution in [3.05, 3.63) is 71.2 Å². The van der Waals surface area contributed by atoms with E-state index in [1.807, 2.05) is 13.0 Å². The molecule has 1 heterocycles. The third-order valence-corrected chi connectivity index (χ3v) is 4.96. The first-order chi connectivity index (χ1) is 14.3. The summed E-state index contributed by atoms with van der Waals surface area (Å²) < 4.78 is 25.7. The van der Waals surface area contributed by atoms with Gasteiger partial charge < -0.3 is 19.6 Å². The van der Waals surface area contributed by atoms with Crippen molar-refractivity contribution in [1.29, 1.82) is 0 Å². The molecule has 6 heteroatoms. The number of hydrogen-bond donors (Lipinski definition) is 2. The highest BCUT2D eigenvalue weighted by atomic mass is 19.1. The lowest BCUT2D eigenvalue weighted by molar-refractivity contribution is 0.0697. The second kappa shape index (κ2) is 9.03. The van der Waals surface area contributed by atoms with Crippen molar-refractivity contribution in [1.82, 2.24) is 0 Å². The van der Waals surface area contributed by atoms with E-state index < -0.39 is 11.8 Å². The highest BCUT2D eigenvalue weighted by Crippen LogP contribution is 2.36. The molecule has 0 aliphatic heterocycles. The van der Waals surface area contributed by atoms with Gasteiger partial charge in [-0.15, -0.1) is 0 Å². The van der Waals surface area contributed by atoms with E-state index >= 15 is 0 Å². The predicted molar refractivity (Wildman–Crippen MR) is 115 cm³/mol. The molecule has 0 saturated carbocycles. The number of halogens is 1. The van der Waals surface area contributed by atoms with Crippen LogP contribution in [0.4, 0.5) is 10.1 Å². The van der Waals surface area contributed by atoms with Crippen LogP contribution >= 0.6 is 0 Å². The average molecular weight is 411 g/mol. The zero-order chi connectivity index (χ0) is 21.8. The quantitative estimate of drug-likeness (QED) is 0.455. The monoisotopic (exact) mass is 411 g/mol. The third-order valence-electron chi connectivity index (χ3n) is 4.96. The van der Waals surface area contributed by atoms with E-state index in [0.29, 0.717) is 23.0 Å². The molecule has 0 aliphatic carbocycles. The van der Waals surface area contributed by atoms with Crippen LogP contribution in [0.2, 0.25) is 0 Å². The molecule has 0 radical (unpaired) electrons. The Kier molecular flexibility index (Phi) is 6.45. The number of rotatable bonds is 8. The summed E-state index contributed by atoms with van der Waals surface area (Å²) >= 11 is 0. The third kappa shape index (κ3) is 4.64. The molecule has 2 aromatic carbocycles. The van der Waals surface area contributed by atoms with Gasteiger partial charge in [-0.1, -0.05) is 19.9 Å². The van der Waals surface area contributed by atoms with Gasteiger partial charge in [-0.25, -0.2) is 9.18 Å². The Morgan fingerprint density at radius 2 is 1.90 bits per heavy atom. The number of furan rings is 1. The van der Waals surface area contributed by atoms with Crippen molar-refractivity contribution in [3.63, 3.8) is 0 Å². The Morgan fingerprint density at radius 3 is 2.50 bits per heavy atom. The van der Waals surface area contributed by atoms with Crippen molar-refractivity contribution >= 4 is 11.7 Å². The second-order valence-electron chi connectivity index (χ2n) is 7.65. The van der Waals surface area contributed by atoms with Crippen molar-refractivity contribution in [2.75, 3.05) is 12.4 Å². The molecule has 1 unspecified atom stereocenters. The molecule has 1 aromatic heterocycles. The first kappa shape index (κ1) is 21.4. The van der Waals surface area contributed by atoms with E-state index in [4.69, 9.17) is 14.3 Å². The summed E-state index contributed by atoms with van der Waals surface area (Å²) in [6.07, 6.45) is 0.821. The molecule has 1 atom stereocenters. The minimum atomic E-state index is -0.962. The van der Waals surface area contributed by atoms with E-state index in [0.717, 1.165) is 17.7 Å². The molecule has 0 saturated heterocycles. The van der Waals surface area contributed by atoms with E-state index in [1.165, 1.54) is 7.11 Å². The van der Waals surface area contributed by atoms with Gasteiger partial charge in [0.05, 0.1) is 24.3 Å². The fourth-order valence-corrected chi connectivity index (χ4v) is 3.48. The maximum atomic E-state index is 14.7. The number of anilines is 1. The summed E-state index contributed by atoms with van der Waals surface area (Å²) in [5.74, 6) is 0.280. The lowest BCUT2D eigenvalue weighted by atomic mass is 9.96. The largest absolute Gasteiger partial charge is 0.494 e. The van der Waals surface area contributed by atoms with Gasteiger partial charge in [0, 0.05) is 11.3 Å². The van der Waals surface area contributed by atoms with Gasteiger partial charge in [0.2, 0.25) is 0 Å². The highest BCUT2D eigenvalue weighted by Gasteiger charge is 2.22. The van der Waals surface area contributed by atoms with Gasteiger partial charge in [-0.05, 0) is 61.7 Å². The molecular weight excluding hydrogens is 385 g/mol. The predicted octanol–water partition coefficient (Wildman–Crippen LogP) is 6.30. The minimum Gasteiger partial charge on any atom is -0.494 e. The molecule has 0 spiro atoms. The molecule has 0 bridgehead atoms. The van der Waals surface area contributed by atoms with Gasteiger partial charge in [-0.3, -0.25) is 0 Å². The SMILES string of the molecule is COc1cccc(-c2cc(C(CC(C)C)Nc3ccc(C(=O)O)cc3)c(C)o2)c1F. The summed E-state index contributed by atoms with van der Waals surface area (Å²) in [4.78, 5) is 11.1. The Hall–Kier alpha value is -3.28. The lowest BCUT2D eigenvalue weighted by Gasteiger charge is -2.21. The summed E-state index contributed by atoms with van der Waals surface area (Å²) in [6, 6.07) is 13.4. The van der Waals surface area contributed by atoms with Crippen LogP contribution in [-0.4, -0.2) is 18.2 Å². The number of nitrogens with one attached hydrogen (secondary N) is 1. The van der Waals surface area contributed by atoms with Crippen molar-refractivity contribution in [2.24, 2.45) is 5.92 Å². The second-order valence-corrected chi connectivity index (χ2v) is 7.65. The zero-order valence-corrected chi connectivity index (χ0v) is 17.5. The molecule has 0 amide bonds. The Balaban J connectivity index is 1.94. The van der Waals surface area contributed by atoms with Crippen LogP contribution in [0.1, 0.15) is 48.0 Å². The number of aryl methyl sites for hydroxylation is 1. The van der Waals surface area contributed by atoms with Gasteiger partial charge in [-0.2, -0.15) is 0 Å². The van der Waals surface area contributed by atoms with Crippen LogP contribution in [0.25, 0.3) is 11.3 Å². The normalized spacial score (nSPS) is 12.1. The van der Waals surface area contributed by atoms with Crippen LogP contribution in [0.5, 0.6) is 5.75 Å². The molecule has 2 N–H and O–H groups in total. The molecular formula is C24H26FNO4. The van der Waals surface area contributed by atoms with Crippen molar-refractivity contribution in [2.45, 2.75) is 33.2 Å². The van der Waals surface area contributed by atoms with E-state index in [-0.39, 0.29) is 17.4 Å². The van der Waals surface area contributed by atoms with Crippen LogP contribution < -0.4 is 10.1 Å². The molecule has 3 rings (SSSR count). The Bertz CT molecular complexity index is 1020. The lowest BCUT2D eigenvalue weighted by Crippen LogP contribution is -2.13. The summed E-state index contributed by atoms with van der Waals surface area (Å²) in [6.45, 7) is 6.11. The molecule has 5 nitrogen and oxygen atoms in total. The number of benzene rings is 2. The maximum Gasteiger partial charge on any atom is 0.335 e. The number of ether oxygens (including phenoxy) is 1.